The quantitative estimate of drug-likeness (QED) is 0.674. The molecule has 2 heteroatoms. The number of carbonyl (C=O) groups is 1. The van der Waals surface area contributed by atoms with Gasteiger partial charge in [-0.25, -0.2) is 0 Å². The Kier molecular flexibility index (Phi) is 6.81. The Labute approximate surface area is 86.7 Å². The SMILES string of the molecule is CC.CC.O=C1CCCc2[nH]ccc21. The Morgan fingerprint density at radius 3 is 2.36 bits per heavy atom. The van der Waals surface area contributed by atoms with E-state index in [1.807, 2.05) is 40.0 Å². The van der Waals surface area contributed by atoms with E-state index in [0.29, 0.717) is 5.78 Å². The largest absolute Gasteiger partial charge is 0.364 e. The summed E-state index contributed by atoms with van der Waals surface area (Å²) in [6.07, 6.45) is 4.61. The molecular weight excluding hydrogens is 174 g/mol. The van der Waals surface area contributed by atoms with Crippen LogP contribution in [0.2, 0.25) is 0 Å². The van der Waals surface area contributed by atoms with E-state index in [9.17, 15) is 4.79 Å². The van der Waals surface area contributed by atoms with Gasteiger partial charge in [0, 0.05) is 23.9 Å². The topological polar surface area (TPSA) is 32.9 Å². The highest BCUT2D eigenvalue weighted by Gasteiger charge is 2.16. The second kappa shape index (κ2) is 7.36. The molecule has 80 valence electrons. The van der Waals surface area contributed by atoms with Gasteiger partial charge in [-0.15, -0.1) is 0 Å². The van der Waals surface area contributed by atoms with Crippen molar-refractivity contribution in [2.45, 2.75) is 47.0 Å². The lowest BCUT2D eigenvalue weighted by molar-refractivity contribution is 0.0972. The molecule has 0 unspecified atom stereocenters. The van der Waals surface area contributed by atoms with E-state index in [1.165, 1.54) is 0 Å². The summed E-state index contributed by atoms with van der Waals surface area (Å²) in [4.78, 5) is 14.2. The average molecular weight is 195 g/mol. The number of H-pyrrole nitrogens is 1. The predicted molar refractivity (Wildman–Crippen MR) is 60.8 cm³/mol. The average Bonchev–Trinajstić information content (AvgIpc) is 2.73. The highest BCUT2D eigenvalue weighted by atomic mass is 16.1. The van der Waals surface area contributed by atoms with Crippen molar-refractivity contribution in [3.8, 4) is 0 Å². The Balaban J connectivity index is 0.000000379. The summed E-state index contributed by atoms with van der Waals surface area (Å²) >= 11 is 0. The molecule has 0 bridgehead atoms. The zero-order chi connectivity index (χ0) is 11.0. The van der Waals surface area contributed by atoms with Crippen LogP contribution in [-0.2, 0) is 6.42 Å². The molecule has 1 aliphatic rings. The molecule has 0 aliphatic heterocycles. The maximum Gasteiger partial charge on any atom is 0.164 e. The first-order valence-electron chi connectivity index (χ1n) is 5.57. The first-order chi connectivity index (χ1) is 6.88. The van der Waals surface area contributed by atoms with Crippen molar-refractivity contribution in [1.29, 1.82) is 0 Å². The van der Waals surface area contributed by atoms with Crippen LogP contribution < -0.4 is 0 Å². The highest BCUT2D eigenvalue weighted by molar-refractivity contribution is 5.98. The lowest BCUT2D eigenvalue weighted by atomic mass is 9.97. The first-order valence-corrected chi connectivity index (χ1v) is 5.57. The molecular formula is C12H21NO. The summed E-state index contributed by atoms with van der Waals surface area (Å²) in [5.74, 6) is 0.294. The number of aromatic amines is 1. The molecule has 0 saturated heterocycles. The van der Waals surface area contributed by atoms with Crippen LogP contribution in [0.5, 0.6) is 0 Å². The summed E-state index contributed by atoms with van der Waals surface area (Å²) < 4.78 is 0. The van der Waals surface area contributed by atoms with Crippen LogP contribution in [0.3, 0.4) is 0 Å². The van der Waals surface area contributed by atoms with Gasteiger partial charge in [0.15, 0.2) is 5.78 Å². The van der Waals surface area contributed by atoms with Gasteiger partial charge in [0.25, 0.3) is 0 Å². The molecule has 2 rings (SSSR count). The zero-order valence-electron chi connectivity index (χ0n) is 9.68. The number of hydrogen-bond acceptors (Lipinski definition) is 1. The fourth-order valence-electron chi connectivity index (χ4n) is 1.43. The number of Topliss-reactive ketones (excluding diaryl/α,β-unsaturated/α-hetero) is 1. The number of rotatable bonds is 0. The summed E-state index contributed by atoms with van der Waals surface area (Å²) in [5, 5.41) is 0. The van der Waals surface area contributed by atoms with Gasteiger partial charge >= 0.3 is 0 Å². The molecule has 0 aromatic carbocycles. The van der Waals surface area contributed by atoms with Crippen LogP contribution in [0.25, 0.3) is 0 Å². The van der Waals surface area contributed by atoms with Gasteiger partial charge in [-0.2, -0.15) is 0 Å². The number of ketones is 1. The minimum absolute atomic E-state index is 0.294. The third-order valence-corrected chi connectivity index (χ3v) is 1.96. The Morgan fingerprint density at radius 2 is 1.79 bits per heavy atom. The Hall–Kier alpha value is -1.05. The minimum Gasteiger partial charge on any atom is -0.364 e. The fraction of sp³-hybridized carbons (Fsp3) is 0.583. The van der Waals surface area contributed by atoms with Gasteiger partial charge in [0.1, 0.15) is 0 Å². The van der Waals surface area contributed by atoms with Gasteiger partial charge in [-0.3, -0.25) is 4.79 Å². The molecule has 0 saturated carbocycles. The highest BCUT2D eigenvalue weighted by Crippen LogP contribution is 2.18. The van der Waals surface area contributed by atoms with E-state index < -0.39 is 0 Å². The van der Waals surface area contributed by atoms with Crippen LogP contribution in [0.15, 0.2) is 12.3 Å². The van der Waals surface area contributed by atoms with Gasteiger partial charge in [0.2, 0.25) is 0 Å². The molecule has 14 heavy (non-hydrogen) atoms. The molecule has 0 atom stereocenters. The normalized spacial score (nSPS) is 13.0. The maximum atomic E-state index is 11.1. The third kappa shape index (κ3) is 3.02. The third-order valence-electron chi connectivity index (χ3n) is 1.96. The second-order valence-electron chi connectivity index (χ2n) is 2.65. The lowest BCUT2D eigenvalue weighted by Crippen LogP contribution is -2.08. The van der Waals surface area contributed by atoms with E-state index in [2.05, 4.69) is 4.98 Å². The monoisotopic (exact) mass is 195 g/mol. The van der Waals surface area contributed by atoms with Crippen LogP contribution in [0.1, 0.15) is 56.6 Å². The zero-order valence-corrected chi connectivity index (χ0v) is 9.68. The number of nitrogens with one attached hydrogen (secondary N) is 1. The molecule has 1 aliphatic carbocycles. The lowest BCUT2D eigenvalue weighted by Gasteiger charge is -2.08. The van der Waals surface area contributed by atoms with Crippen molar-refractivity contribution < 1.29 is 4.79 Å². The van der Waals surface area contributed by atoms with Crippen LogP contribution in [-0.4, -0.2) is 10.8 Å². The second-order valence-corrected chi connectivity index (χ2v) is 2.65. The summed E-state index contributed by atoms with van der Waals surface area (Å²) in [5.41, 5.74) is 2.03. The summed E-state index contributed by atoms with van der Waals surface area (Å²) in [6, 6.07) is 1.87. The summed E-state index contributed by atoms with van der Waals surface area (Å²) in [7, 11) is 0. The van der Waals surface area contributed by atoms with Crippen molar-refractivity contribution in [1.82, 2.24) is 4.98 Å². The Morgan fingerprint density at radius 1 is 1.14 bits per heavy atom. The van der Waals surface area contributed by atoms with Crippen molar-refractivity contribution >= 4 is 5.78 Å². The molecule has 1 aromatic rings. The van der Waals surface area contributed by atoms with Crippen LogP contribution in [0.4, 0.5) is 0 Å². The molecule has 1 aromatic heterocycles. The van der Waals surface area contributed by atoms with E-state index in [4.69, 9.17) is 0 Å². The van der Waals surface area contributed by atoms with Gasteiger partial charge in [-0.05, 0) is 18.9 Å². The first kappa shape index (κ1) is 12.9. The van der Waals surface area contributed by atoms with Gasteiger partial charge in [-0.1, -0.05) is 27.7 Å². The molecule has 2 nitrogen and oxygen atoms in total. The molecule has 0 fully saturated rings. The molecule has 1 heterocycles. The van der Waals surface area contributed by atoms with E-state index in [0.717, 1.165) is 30.5 Å². The molecule has 0 spiro atoms. The van der Waals surface area contributed by atoms with Gasteiger partial charge < -0.3 is 4.98 Å². The van der Waals surface area contributed by atoms with E-state index in [1.54, 1.807) is 0 Å². The van der Waals surface area contributed by atoms with Crippen molar-refractivity contribution in [2.24, 2.45) is 0 Å². The van der Waals surface area contributed by atoms with Crippen molar-refractivity contribution in [3.05, 3.63) is 23.5 Å². The Bertz CT molecular complexity index is 263. The van der Waals surface area contributed by atoms with Gasteiger partial charge in [0.05, 0.1) is 0 Å². The number of aromatic nitrogens is 1. The minimum atomic E-state index is 0.294. The maximum absolute atomic E-state index is 11.1. The van der Waals surface area contributed by atoms with Crippen molar-refractivity contribution in [2.75, 3.05) is 0 Å². The number of hydrogen-bond donors (Lipinski definition) is 1. The fourth-order valence-corrected chi connectivity index (χ4v) is 1.43. The molecule has 0 amide bonds. The molecule has 0 radical (unpaired) electrons. The van der Waals surface area contributed by atoms with Crippen molar-refractivity contribution in [3.63, 3.8) is 0 Å². The summed E-state index contributed by atoms with van der Waals surface area (Å²) in [6.45, 7) is 8.00. The van der Waals surface area contributed by atoms with E-state index >= 15 is 0 Å². The standard InChI is InChI=1S/C8H9NO.2C2H6/c10-8-3-1-2-7-6(8)4-5-9-7;2*1-2/h4-5,9H,1-3H2;2*1-2H3. The molecule has 1 N–H and O–H groups in total. The van der Waals surface area contributed by atoms with Crippen LogP contribution in [0, 0.1) is 0 Å². The number of carbonyl (C=O) groups excluding carboxylic acids is 1. The van der Waals surface area contributed by atoms with E-state index in [-0.39, 0.29) is 0 Å². The van der Waals surface area contributed by atoms with Crippen LogP contribution >= 0.6 is 0 Å². The number of aryl methyl sites for hydroxylation is 1. The number of fused-ring (bicyclic) bond motifs is 1. The predicted octanol–water partition coefficient (Wildman–Crippen LogP) is 3.59. The smallest absolute Gasteiger partial charge is 0.164 e.